The molecule has 2 aromatic rings. The monoisotopic (exact) mass is 484 g/mol. The van der Waals surface area contributed by atoms with Crippen LogP contribution < -0.4 is 10.1 Å². The molecule has 6 nitrogen and oxygen atoms in total. The van der Waals surface area contributed by atoms with Crippen LogP contribution in [0.25, 0.3) is 0 Å². The number of piperidine rings is 1. The van der Waals surface area contributed by atoms with Crippen LogP contribution in [0.3, 0.4) is 0 Å². The number of hydrogen-bond donors (Lipinski definition) is 2. The van der Waals surface area contributed by atoms with E-state index in [4.69, 9.17) is 9.47 Å². The molecule has 2 aromatic carbocycles. The van der Waals surface area contributed by atoms with Crippen LogP contribution in [0.4, 0.5) is 9.18 Å². The molecular formula is C28H37FN2O4. The minimum Gasteiger partial charge on any atom is -0.485 e. The fourth-order valence-electron chi connectivity index (χ4n) is 5.28. The number of likely N-dealkylation sites (tertiary alicyclic amines) is 1. The van der Waals surface area contributed by atoms with Gasteiger partial charge in [0.25, 0.3) is 0 Å². The Labute approximate surface area is 207 Å². The number of ether oxygens (including phenoxy) is 2. The Morgan fingerprint density at radius 1 is 1.09 bits per heavy atom. The van der Waals surface area contributed by atoms with E-state index in [0.717, 1.165) is 32.4 Å². The van der Waals surface area contributed by atoms with Crippen LogP contribution in [0, 0.1) is 11.7 Å². The van der Waals surface area contributed by atoms with E-state index >= 15 is 0 Å². The van der Waals surface area contributed by atoms with Crippen molar-refractivity contribution in [2.24, 2.45) is 5.92 Å². The predicted molar refractivity (Wildman–Crippen MR) is 133 cm³/mol. The van der Waals surface area contributed by atoms with E-state index < -0.39 is 29.7 Å². The molecule has 1 aliphatic heterocycles. The molecule has 190 valence electrons. The molecule has 7 heteroatoms. The number of aliphatic hydroxyl groups is 1. The normalized spacial score (nSPS) is 25.9. The molecule has 2 N–H and O–H groups in total. The zero-order valence-corrected chi connectivity index (χ0v) is 20.8. The number of carbonyl (C=O) groups is 1. The Hall–Kier alpha value is -2.64. The van der Waals surface area contributed by atoms with Crippen molar-refractivity contribution in [3.05, 3.63) is 66.0 Å². The van der Waals surface area contributed by atoms with Gasteiger partial charge in [0, 0.05) is 6.42 Å². The maximum atomic E-state index is 14.2. The summed E-state index contributed by atoms with van der Waals surface area (Å²) in [4.78, 5) is 14.8. The summed E-state index contributed by atoms with van der Waals surface area (Å²) in [5.41, 5.74) is 0.713. The molecule has 0 aromatic heterocycles. The van der Waals surface area contributed by atoms with Crippen molar-refractivity contribution in [3.8, 4) is 5.75 Å². The molecule has 4 rings (SSSR count). The lowest BCUT2D eigenvalue weighted by Crippen LogP contribution is -2.56. The molecule has 0 radical (unpaired) electrons. The largest absolute Gasteiger partial charge is 0.485 e. The highest BCUT2D eigenvalue weighted by Gasteiger charge is 2.48. The van der Waals surface area contributed by atoms with Crippen LogP contribution in [0.5, 0.6) is 5.75 Å². The first-order chi connectivity index (χ1) is 16.7. The van der Waals surface area contributed by atoms with Gasteiger partial charge in [-0.25, -0.2) is 9.18 Å². The summed E-state index contributed by atoms with van der Waals surface area (Å²) in [5, 5.41) is 14.2. The van der Waals surface area contributed by atoms with Crippen LogP contribution in [0.15, 0.2) is 54.6 Å². The van der Waals surface area contributed by atoms with Crippen molar-refractivity contribution >= 4 is 6.09 Å². The fraction of sp³-hybridized carbons (Fsp3) is 0.536. The van der Waals surface area contributed by atoms with Gasteiger partial charge in [-0.3, -0.25) is 4.90 Å². The third-order valence-corrected chi connectivity index (χ3v) is 6.88. The van der Waals surface area contributed by atoms with Crippen LogP contribution in [-0.4, -0.2) is 59.1 Å². The number of alkyl carbamates (subject to hydrolysis) is 1. The zero-order valence-electron chi connectivity index (χ0n) is 20.8. The quantitative estimate of drug-likeness (QED) is 0.629. The molecule has 1 amide bonds. The van der Waals surface area contributed by atoms with E-state index in [2.05, 4.69) is 34.5 Å². The standard InChI is InChI=1S/C28H37FN2O4/c1-28(2,3)35-27(33)30-22-18-24(34-23-12-8-7-11-21(23)29)26(32)25(22)31-15-13-20(14-16-31)17-19-9-5-4-6-10-19/h4-12,20,22,24-26,32H,13-18H2,1-3H3,(H,30,33)/t22-,24-,25+,26+/m1/s1. The second-order valence-corrected chi connectivity index (χ2v) is 10.7. The van der Waals surface area contributed by atoms with Crippen molar-refractivity contribution in [2.45, 2.75) is 76.3 Å². The van der Waals surface area contributed by atoms with Crippen LogP contribution in [-0.2, 0) is 11.2 Å². The van der Waals surface area contributed by atoms with Crippen molar-refractivity contribution in [3.63, 3.8) is 0 Å². The second kappa shape index (κ2) is 11.0. The zero-order chi connectivity index (χ0) is 25.0. The molecule has 0 spiro atoms. The first kappa shape index (κ1) is 25.5. The molecular weight excluding hydrogens is 447 g/mol. The lowest BCUT2D eigenvalue weighted by atomic mass is 9.89. The number of nitrogens with one attached hydrogen (secondary N) is 1. The van der Waals surface area contributed by atoms with Crippen LogP contribution in [0.2, 0.25) is 0 Å². The van der Waals surface area contributed by atoms with Crippen LogP contribution in [0.1, 0.15) is 45.6 Å². The minimum absolute atomic E-state index is 0.106. The second-order valence-electron chi connectivity index (χ2n) is 10.7. The van der Waals surface area contributed by atoms with Crippen molar-refractivity contribution in [1.82, 2.24) is 10.2 Å². The lowest BCUT2D eigenvalue weighted by molar-refractivity contribution is -0.00578. The summed E-state index contributed by atoms with van der Waals surface area (Å²) in [7, 11) is 0. The molecule has 1 aliphatic carbocycles. The number of carbonyl (C=O) groups excluding carboxylic acids is 1. The average Bonchev–Trinajstić information content (AvgIpc) is 3.09. The molecule has 0 bridgehead atoms. The minimum atomic E-state index is -0.875. The summed E-state index contributed by atoms with van der Waals surface area (Å²) in [6.45, 7) is 7.08. The smallest absolute Gasteiger partial charge is 0.407 e. The number of halogens is 1. The van der Waals surface area contributed by atoms with E-state index in [1.54, 1.807) is 18.2 Å². The van der Waals surface area contributed by atoms with Gasteiger partial charge >= 0.3 is 6.09 Å². The third kappa shape index (κ3) is 6.73. The maximum Gasteiger partial charge on any atom is 0.407 e. The van der Waals surface area contributed by atoms with Gasteiger partial charge in [-0.15, -0.1) is 0 Å². The van der Waals surface area contributed by atoms with Gasteiger partial charge < -0.3 is 19.9 Å². The van der Waals surface area contributed by atoms with E-state index in [9.17, 15) is 14.3 Å². The predicted octanol–water partition coefficient (Wildman–Crippen LogP) is 4.55. The molecule has 1 saturated heterocycles. The number of aliphatic hydroxyl groups excluding tert-OH is 1. The highest BCUT2D eigenvalue weighted by molar-refractivity contribution is 5.68. The Kier molecular flexibility index (Phi) is 7.97. The maximum absolute atomic E-state index is 14.2. The van der Waals surface area contributed by atoms with Gasteiger partial charge in [-0.05, 0) is 76.7 Å². The van der Waals surface area contributed by atoms with Crippen molar-refractivity contribution < 1.29 is 23.8 Å². The fourth-order valence-corrected chi connectivity index (χ4v) is 5.28. The molecule has 1 heterocycles. The first-order valence-electron chi connectivity index (χ1n) is 12.6. The Bertz CT molecular complexity index is 972. The van der Waals surface area contributed by atoms with Crippen molar-refractivity contribution in [2.75, 3.05) is 13.1 Å². The summed E-state index contributed by atoms with van der Waals surface area (Å²) >= 11 is 0. The van der Waals surface area contributed by atoms with Gasteiger partial charge in [-0.1, -0.05) is 42.5 Å². The van der Waals surface area contributed by atoms with E-state index in [1.807, 2.05) is 26.8 Å². The molecule has 2 aliphatic rings. The van der Waals surface area contributed by atoms with E-state index in [1.165, 1.54) is 11.6 Å². The third-order valence-electron chi connectivity index (χ3n) is 6.88. The van der Waals surface area contributed by atoms with Gasteiger partial charge in [0.1, 0.15) is 17.8 Å². The van der Waals surface area contributed by atoms with Gasteiger partial charge in [0.2, 0.25) is 0 Å². The molecule has 2 fully saturated rings. The number of amides is 1. The number of rotatable bonds is 6. The van der Waals surface area contributed by atoms with E-state index in [0.29, 0.717) is 12.3 Å². The van der Waals surface area contributed by atoms with Gasteiger partial charge in [-0.2, -0.15) is 0 Å². The SMILES string of the molecule is CC(C)(C)OC(=O)N[C@@H]1C[C@@H](Oc2ccccc2F)[C@H](O)[C@H]1N1CCC(Cc2ccccc2)CC1. The average molecular weight is 485 g/mol. The Balaban J connectivity index is 1.44. The van der Waals surface area contributed by atoms with E-state index in [-0.39, 0.29) is 17.8 Å². The van der Waals surface area contributed by atoms with Crippen LogP contribution >= 0.6 is 0 Å². The number of benzene rings is 2. The highest BCUT2D eigenvalue weighted by Crippen LogP contribution is 2.33. The van der Waals surface area contributed by atoms with Crippen molar-refractivity contribution in [1.29, 1.82) is 0 Å². The van der Waals surface area contributed by atoms with Gasteiger partial charge in [0.05, 0.1) is 12.1 Å². The topological polar surface area (TPSA) is 71.0 Å². The molecule has 0 unspecified atom stereocenters. The first-order valence-corrected chi connectivity index (χ1v) is 12.6. The van der Waals surface area contributed by atoms with Gasteiger partial charge in [0.15, 0.2) is 11.6 Å². The molecule has 4 atom stereocenters. The number of hydrogen-bond acceptors (Lipinski definition) is 5. The Morgan fingerprint density at radius 2 is 1.74 bits per heavy atom. The Morgan fingerprint density at radius 3 is 2.40 bits per heavy atom. The molecule has 1 saturated carbocycles. The summed E-state index contributed by atoms with van der Waals surface area (Å²) in [5.74, 6) is 0.214. The summed E-state index contributed by atoms with van der Waals surface area (Å²) < 4.78 is 25.6. The lowest BCUT2D eigenvalue weighted by Gasteiger charge is -2.40. The summed E-state index contributed by atoms with van der Waals surface area (Å²) in [6, 6.07) is 16.0. The number of nitrogens with zero attached hydrogens (tertiary/aromatic N) is 1. The molecule has 35 heavy (non-hydrogen) atoms. The highest BCUT2D eigenvalue weighted by atomic mass is 19.1. The number of para-hydroxylation sites is 1. The summed E-state index contributed by atoms with van der Waals surface area (Å²) in [6.07, 6.45) is 1.39.